The Labute approximate surface area is 170 Å². The second kappa shape index (κ2) is 8.63. The van der Waals surface area contributed by atoms with E-state index in [0.29, 0.717) is 6.61 Å². The Morgan fingerprint density at radius 2 is 2.07 bits per heavy atom. The van der Waals surface area contributed by atoms with Gasteiger partial charge in [-0.05, 0) is 24.1 Å². The van der Waals surface area contributed by atoms with E-state index in [1.165, 1.54) is 5.56 Å². The molecule has 7 nitrogen and oxygen atoms in total. The number of urea groups is 1. The molecule has 1 aliphatic rings. The van der Waals surface area contributed by atoms with E-state index in [4.69, 9.17) is 4.74 Å². The molecule has 0 bridgehead atoms. The number of aromatic amines is 1. The van der Waals surface area contributed by atoms with Crippen LogP contribution in [0.25, 0.3) is 10.9 Å². The summed E-state index contributed by atoms with van der Waals surface area (Å²) in [6.07, 6.45) is 1.78. The largest absolute Gasteiger partial charge is 0.383 e. The first-order valence-corrected chi connectivity index (χ1v) is 9.92. The van der Waals surface area contributed by atoms with E-state index in [2.05, 4.69) is 37.9 Å². The third-order valence-electron chi connectivity index (χ3n) is 5.63. The van der Waals surface area contributed by atoms with Crippen molar-refractivity contribution < 1.29 is 9.53 Å². The minimum atomic E-state index is -0.204. The first-order valence-electron chi connectivity index (χ1n) is 9.92. The summed E-state index contributed by atoms with van der Waals surface area (Å²) in [4.78, 5) is 15.2. The zero-order valence-corrected chi connectivity index (χ0v) is 16.8. The van der Waals surface area contributed by atoms with E-state index in [0.717, 1.165) is 41.8 Å². The van der Waals surface area contributed by atoms with E-state index in [-0.39, 0.29) is 18.0 Å². The number of benzene rings is 2. The molecule has 1 saturated heterocycles. The summed E-state index contributed by atoms with van der Waals surface area (Å²) < 4.78 is 5.23. The first-order chi connectivity index (χ1) is 14.2. The molecule has 2 heterocycles. The zero-order chi connectivity index (χ0) is 20.2. The number of amides is 2. The Kier molecular flexibility index (Phi) is 5.78. The van der Waals surface area contributed by atoms with Crippen molar-refractivity contribution >= 4 is 22.6 Å². The Morgan fingerprint density at radius 1 is 1.24 bits per heavy atom. The molecule has 3 aromatic rings. The Balaban J connectivity index is 1.48. The molecule has 29 heavy (non-hydrogen) atoms. The van der Waals surface area contributed by atoms with Gasteiger partial charge in [0.25, 0.3) is 0 Å². The quantitative estimate of drug-likeness (QED) is 0.601. The number of fused-ring (bicyclic) bond motifs is 1. The highest BCUT2D eigenvalue weighted by Crippen LogP contribution is 2.28. The number of nitrogens with zero attached hydrogens (tertiary/aromatic N) is 2. The van der Waals surface area contributed by atoms with Gasteiger partial charge in [-0.1, -0.05) is 36.4 Å². The summed E-state index contributed by atoms with van der Waals surface area (Å²) in [6, 6.07) is 14.1. The molecule has 0 spiro atoms. The lowest BCUT2D eigenvalue weighted by Gasteiger charge is -2.20. The van der Waals surface area contributed by atoms with Crippen LogP contribution >= 0.6 is 0 Å². The van der Waals surface area contributed by atoms with Crippen molar-refractivity contribution in [2.75, 3.05) is 38.7 Å². The monoisotopic (exact) mass is 393 g/mol. The van der Waals surface area contributed by atoms with E-state index in [9.17, 15) is 4.79 Å². The maximum Gasteiger partial charge on any atom is 0.319 e. The van der Waals surface area contributed by atoms with Crippen molar-refractivity contribution in [3.63, 3.8) is 0 Å². The van der Waals surface area contributed by atoms with Crippen LogP contribution in [0.15, 0.2) is 48.7 Å². The Morgan fingerprint density at radius 3 is 2.86 bits per heavy atom. The fraction of sp³-hybridized carbons (Fsp3) is 0.364. The molecule has 2 aromatic carbocycles. The van der Waals surface area contributed by atoms with Gasteiger partial charge in [0.05, 0.1) is 30.0 Å². The number of likely N-dealkylation sites (tertiary alicyclic amines) is 1. The maximum absolute atomic E-state index is 12.8. The van der Waals surface area contributed by atoms with E-state index >= 15 is 0 Å². The lowest BCUT2D eigenvalue weighted by Crippen LogP contribution is -2.42. The number of aryl methyl sites for hydroxylation is 1. The van der Waals surface area contributed by atoms with Gasteiger partial charge in [0, 0.05) is 38.0 Å². The van der Waals surface area contributed by atoms with Crippen LogP contribution < -0.4 is 10.6 Å². The Bertz CT molecular complexity index is 972. The van der Waals surface area contributed by atoms with Gasteiger partial charge in [-0.15, -0.1) is 0 Å². The molecule has 1 fully saturated rings. The van der Waals surface area contributed by atoms with Gasteiger partial charge < -0.3 is 15.4 Å². The lowest BCUT2D eigenvalue weighted by atomic mass is 9.94. The number of H-pyrrole nitrogens is 1. The van der Waals surface area contributed by atoms with Crippen LogP contribution in [0.2, 0.25) is 0 Å². The normalized spacial score (nSPS) is 19.5. The lowest BCUT2D eigenvalue weighted by molar-refractivity contribution is 0.159. The third-order valence-corrected chi connectivity index (χ3v) is 5.63. The van der Waals surface area contributed by atoms with Crippen molar-refractivity contribution in [3.05, 3.63) is 59.8 Å². The number of aromatic nitrogens is 2. The molecule has 7 heteroatoms. The fourth-order valence-electron chi connectivity index (χ4n) is 4.08. The van der Waals surface area contributed by atoms with Gasteiger partial charge in [0.2, 0.25) is 0 Å². The summed E-state index contributed by atoms with van der Waals surface area (Å²) in [5.41, 5.74) is 3.93. The highest BCUT2D eigenvalue weighted by Gasteiger charge is 2.34. The van der Waals surface area contributed by atoms with Crippen molar-refractivity contribution in [2.45, 2.75) is 18.9 Å². The predicted molar refractivity (Wildman–Crippen MR) is 114 cm³/mol. The molecule has 0 saturated carbocycles. The molecular weight excluding hydrogens is 366 g/mol. The van der Waals surface area contributed by atoms with Gasteiger partial charge in [-0.3, -0.25) is 10.00 Å². The molecule has 0 aliphatic carbocycles. The third kappa shape index (κ3) is 4.26. The molecule has 0 radical (unpaired) electrons. The van der Waals surface area contributed by atoms with Gasteiger partial charge >= 0.3 is 6.03 Å². The number of hydrogen-bond donors (Lipinski definition) is 3. The van der Waals surface area contributed by atoms with Gasteiger partial charge in [0.15, 0.2) is 0 Å². The molecule has 152 valence electrons. The molecular formula is C22H27N5O2. The second-order valence-electron chi connectivity index (χ2n) is 7.56. The van der Waals surface area contributed by atoms with Crippen LogP contribution in [0, 0.1) is 6.92 Å². The number of carbonyl (C=O) groups excluding carboxylic acids is 1. The van der Waals surface area contributed by atoms with Crippen molar-refractivity contribution in [2.24, 2.45) is 0 Å². The highest BCUT2D eigenvalue weighted by atomic mass is 16.5. The minimum absolute atomic E-state index is 0.0250. The first kappa shape index (κ1) is 19.4. The summed E-state index contributed by atoms with van der Waals surface area (Å²) >= 11 is 0. The summed E-state index contributed by atoms with van der Waals surface area (Å²) in [7, 11) is 1.71. The molecule has 2 atom stereocenters. The van der Waals surface area contributed by atoms with E-state index in [1.807, 2.05) is 37.3 Å². The number of rotatable bonds is 6. The number of carbonyl (C=O) groups is 1. The van der Waals surface area contributed by atoms with Crippen LogP contribution in [0.4, 0.5) is 10.5 Å². The summed E-state index contributed by atoms with van der Waals surface area (Å²) in [5, 5.41) is 14.3. The molecule has 2 amide bonds. The second-order valence-corrected chi connectivity index (χ2v) is 7.56. The smallest absolute Gasteiger partial charge is 0.319 e. The van der Waals surface area contributed by atoms with Crippen molar-refractivity contribution in [3.8, 4) is 0 Å². The minimum Gasteiger partial charge on any atom is -0.383 e. The van der Waals surface area contributed by atoms with E-state index in [1.54, 1.807) is 13.3 Å². The molecule has 4 rings (SSSR count). The van der Waals surface area contributed by atoms with Gasteiger partial charge in [0.1, 0.15) is 0 Å². The van der Waals surface area contributed by atoms with Crippen LogP contribution in [0.5, 0.6) is 0 Å². The van der Waals surface area contributed by atoms with Crippen molar-refractivity contribution in [1.82, 2.24) is 20.4 Å². The van der Waals surface area contributed by atoms with Crippen molar-refractivity contribution in [1.29, 1.82) is 0 Å². The number of nitrogens with one attached hydrogen (secondary N) is 3. The van der Waals surface area contributed by atoms with Gasteiger partial charge in [-0.2, -0.15) is 5.10 Å². The zero-order valence-electron chi connectivity index (χ0n) is 16.8. The molecule has 3 N–H and O–H groups in total. The van der Waals surface area contributed by atoms with Crippen LogP contribution in [-0.2, 0) is 4.74 Å². The number of hydrogen-bond acceptors (Lipinski definition) is 4. The average Bonchev–Trinajstić information content (AvgIpc) is 3.37. The SMILES string of the molecule is COCCN1C[C@@H](NC(=O)Nc2ccc(C)c3cn[nH]c23)[C@H](c2ccccc2)C1. The molecule has 1 aromatic heterocycles. The summed E-state index contributed by atoms with van der Waals surface area (Å²) in [5.74, 6) is 0.240. The molecule has 1 aliphatic heterocycles. The van der Waals surface area contributed by atoms with E-state index < -0.39 is 0 Å². The average molecular weight is 393 g/mol. The van der Waals surface area contributed by atoms with Crippen LogP contribution in [-0.4, -0.2) is 60.5 Å². The number of anilines is 1. The molecule has 0 unspecified atom stereocenters. The standard InChI is InChI=1S/C22H27N5O2/c1-15-8-9-19(21-17(15)12-23-26-21)24-22(28)25-20-14-27(10-11-29-2)13-18(20)16-6-4-3-5-7-16/h3-9,12,18,20H,10-11,13-14H2,1-2H3,(H,23,26)(H2,24,25,28)/t18-,20+/m0/s1. The Hall–Kier alpha value is -2.90. The topological polar surface area (TPSA) is 82.3 Å². The highest BCUT2D eigenvalue weighted by molar-refractivity contribution is 6.00. The maximum atomic E-state index is 12.8. The van der Waals surface area contributed by atoms with Crippen LogP contribution in [0.3, 0.4) is 0 Å². The van der Waals surface area contributed by atoms with Gasteiger partial charge in [-0.25, -0.2) is 4.79 Å². The number of ether oxygens (including phenoxy) is 1. The summed E-state index contributed by atoms with van der Waals surface area (Å²) in [6.45, 7) is 5.25. The fourth-order valence-corrected chi connectivity index (χ4v) is 4.08. The predicted octanol–water partition coefficient (Wildman–Crippen LogP) is 3.11. The number of methoxy groups -OCH3 is 1. The van der Waals surface area contributed by atoms with Crippen LogP contribution in [0.1, 0.15) is 17.0 Å².